The van der Waals surface area contributed by atoms with Gasteiger partial charge in [0.2, 0.25) is 0 Å². The van der Waals surface area contributed by atoms with Gasteiger partial charge in [0.1, 0.15) is 23.0 Å². The summed E-state index contributed by atoms with van der Waals surface area (Å²) in [4.78, 5) is 0. The number of hydrogen-bond donors (Lipinski definition) is 0. The molecule has 46 heavy (non-hydrogen) atoms. The summed E-state index contributed by atoms with van der Waals surface area (Å²) in [6.07, 6.45) is 0. The normalized spacial score (nSPS) is 12.3. The Labute approximate surface area is 266 Å². The molecule has 8 aromatic rings. The van der Waals surface area contributed by atoms with Gasteiger partial charge in [-0.15, -0.1) is 0 Å². The zero-order chi connectivity index (χ0) is 30.2. The largest absolute Gasteiger partial charge is 0.456 e. The van der Waals surface area contributed by atoms with Crippen molar-refractivity contribution >= 4 is 21.5 Å². The lowest BCUT2D eigenvalue weighted by molar-refractivity contribution is 0.486. The lowest BCUT2D eigenvalue weighted by Crippen LogP contribution is -1.99. The van der Waals surface area contributed by atoms with Crippen LogP contribution in [0.1, 0.15) is 0 Å². The summed E-state index contributed by atoms with van der Waals surface area (Å²) in [5.74, 6) is 3.52. The molecule has 10 rings (SSSR count). The van der Waals surface area contributed by atoms with E-state index in [2.05, 4.69) is 146 Å². The maximum Gasteiger partial charge on any atom is 0.136 e. The van der Waals surface area contributed by atoms with E-state index < -0.39 is 0 Å². The summed E-state index contributed by atoms with van der Waals surface area (Å²) < 4.78 is 13.4. The molecule has 0 aromatic heterocycles. The lowest BCUT2D eigenvalue weighted by atomic mass is 9.89. The van der Waals surface area contributed by atoms with Crippen LogP contribution in [0.25, 0.3) is 77.2 Å². The van der Waals surface area contributed by atoms with E-state index in [1.807, 2.05) is 12.1 Å². The van der Waals surface area contributed by atoms with Crippen molar-refractivity contribution < 1.29 is 9.47 Å². The zero-order valence-electron chi connectivity index (χ0n) is 24.8. The van der Waals surface area contributed by atoms with Crippen LogP contribution in [0.4, 0.5) is 0 Å². The van der Waals surface area contributed by atoms with Crippen molar-refractivity contribution in [3.8, 4) is 78.6 Å². The van der Waals surface area contributed by atoms with Crippen molar-refractivity contribution in [1.29, 1.82) is 0 Å². The number of hydrogen-bond acceptors (Lipinski definition) is 2. The predicted octanol–water partition coefficient (Wildman–Crippen LogP) is 12.5. The summed E-state index contributed by atoms with van der Waals surface area (Å²) >= 11 is 0. The van der Waals surface area contributed by atoms with E-state index in [9.17, 15) is 0 Å². The summed E-state index contributed by atoms with van der Waals surface area (Å²) in [5.41, 5.74) is 11.4. The van der Waals surface area contributed by atoms with Gasteiger partial charge >= 0.3 is 0 Å². The standard InChI is InChI=1S/C44H26O2/c1-3-9-27(10-4-1)33-21-31-13-7-15-37-35-19-17-29(23-39(35)45-41(25-33)43(31)37)30-18-20-36-38-16-8-14-32-22-34(28-11-5-2-6-12-28)26-42(44(32)38)46-40(36)24-30/h1-26H. The second-order valence-electron chi connectivity index (χ2n) is 12.1. The highest BCUT2D eigenvalue weighted by Gasteiger charge is 2.24. The van der Waals surface area contributed by atoms with Crippen LogP contribution in [-0.4, -0.2) is 0 Å². The first-order valence-corrected chi connectivity index (χ1v) is 15.7. The molecule has 214 valence electrons. The molecule has 0 unspecified atom stereocenters. The topological polar surface area (TPSA) is 18.5 Å². The van der Waals surface area contributed by atoms with Crippen molar-refractivity contribution in [2.24, 2.45) is 0 Å². The van der Waals surface area contributed by atoms with Crippen LogP contribution in [0.15, 0.2) is 158 Å². The number of rotatable bonds is 3. The van der Waals surface area contributed by atoms with Crippen LogP contribution < -0.4 is 9.47 Å². The van der Waals surface area contributed by atoms with E-state index in [1.54, 1.807) is 0 Å². The first-order valence-electron chi connectivity index (χ1n) is 15.7. The molecule has 2 heteroatoms. The number of benzene rings is 8. The maximum atomic E-state index is 6.70. The molecule has 0 radical (unpaired) electrons. The van der Waals surface area contributed by atoms with Gasteiger partial charge in [-0.05, 0) is 104 Å². The maximum absolute atomic E-state index is 6.70. The van der Waals surface area contributed by atoms with Crippen molar-refractivity contribution in [2.75, 3.05) is 0 Å². The molecule has 0 N–H and O–H groups in total. The molecule has 8 aromatic carbocycles. The molecule has 0 saturated heterocycles. The van der Waals surface area contributed by atoms with Gasteiger partial charge in [0.05, 0.1) is 0 Å². The molecule has 0 atom stereocenters. The van der Waals surface area contributed by atoms with E-state index in [4.69, 9.17) is 9.47 Å². The van der Waals surface area contributed by atoms with Gasteiger partial charge in [-0.25, -0.2) is 0 Å². The summed E-state index contributed by atoms with van der Waals surface area (Å²) in [6, 6.07) is 56.0. The van der Waals surface area contributed by atoms with Gasteiger partial charge in [0, 0.05) is 21.9 Å². The number of ether oxygens (including phenoxy) is 2. The fourth-order valence-corrected chi connectivity index (χ4v) is 7.24. The zero-order valence-corrected chi connectivity index (χ0v) is 24.8. The van der Waals surface area contributed by atoms with Crippen LogP contribution in [-0.2, 0) is 0 Å². The van der Waals surface area contributed by atoms with E-state index >= 15 is 0 Å². The minimum absolute atomic E-state index is 0.865. The number of fused-ring (bicyclic) bond motifs is 4. The highest BCUT2D eigenvalue weighted by Crippen LogP contribution is 2.51. The third-order valence-corrected chi connectivity index (χ3v) is 9.41. The van der Waals surface area contributed by atoms with Gasteiger partial charge in [-0.2, -0.15) is 0 Å². The highest BCUT2D eigenvalue weighted by atomic mass is 16.5. The average molecular weight is 587 g/mol. The summed E-state index contributed by atoms with van der Waals surface area (Å²) in [7, 11) is 0. The van der Waals surface area contributed by atoms with Crippen molar-refractivity contribution in [3.05, 3.63) is 158 Å². The Balaban J connectivity index is 1.06. The Morgan fingerprint density at radius 3 is 1.15 bits per heavy atom. The predicted molar refractivity (Wildman–Crippen MR) is 189 cm³/mol. The molecular weight excluding hydrogens is 560 g/mol. The van der Waals surface area contributed by atoms with Gasteiger partial charge in [0.25, 0.3) is 0 Å². The van der Waals surface area contributed by atoms with E-state index in [0.29, 0.717) is 0 Å². The van der Waals surface area contributed by atoms with Crippen LogP contribution in [0, 0.1) is 0 Å². The Bertz CT molecular complexity index is 2330. The monoisotopic (exact) mass is 586 g/mol. The van der Waals surface area contributed by atoms with Crippen molar-refractivity contribution in [1.82, 2.24) is 0 Å². The molecule has 2 heterocycles. The van der Waals surface area contributed by atoms with E-state index in [0.717, 1.165) is 67.2 Å². The van der Waals surface area contributed by atoms with Gasteiger partial charge in [-0.3, -0.25) is 0 Å². The molecule has 0 amide bonds. The molecule has 0 saturated carbocycles. The van der Waals surface area contributed by atoms with Gasteiger partial charge in [-0.1, -0.05) is 109 Å². The molecule has 0 spiro atoms. The Morgan fingerprint density at radius 2 is 0.696 bits per heavy atom. The second-order valence-corrected chi connectivity index (χ2v) is 12.1. The first-order chi connectivity index (χ1) is 22.8. The molecular formula is C44H26O2. The van der Waals surface area contributed by atoms with Crippen molar-refractivity contribution in [2.45, 2.75) is 0 Å². The smallest absolute Gasteiger partial charge is 0.136 e. The minimum Gasteiger partial charge on any atom is -0.456 e. The summed E-state index contributed by atoms with van der Waals surface area (Å²) in [5, 5.41) is 4.68. The molecule has 2 aliphatic heterocycles. The fraction of sp³-hybridized carbons (Fsp3) is 0. The Morgan fingerprint density at radius 1 is 0.261 bits per heavy atom. The Kier molecular flexibility index (Phi) is 5.31. The first kappa shape index (κ1) is 25.2. The summed E-state index contributed by atoms with van der Waals surface area (Å²) in [6.45, 7) is 0. The van der Waals surface area contributed by atoms with Crippen LogP contribution in [0.5, 0.6) is 23.0 Å². The van der Waals surface area contributed by atoms with Crippen LogP contribution in [0.2, 0.25) is 0 Å². The van der Waals surface area contributed by atoms with Crippen molar-refractivity contribution in [3.63, 3.8) is 0 Å². The second kappa shape index (κ2) is 9.69. The molecule has 2 nitrogen and oxygen atoms in total. The highest BCUT2D eigenvalue weighted by molar-refractivity contribution is 6.07. The fourth-order valence-electron chi connectivity index (χ4n) is 7.24. The molecule has 0 fully saturated rings. The third-order valence-electron chi connectivity index (χ3n) is 9.41. The quantitative estimate of drug-likeness (QED) is 0.205. The minimum atomic E-state index is 0.865. The molecule has 0 aliphatic carbocycles. The van der Waals surface area contributed by atoms with Gasteiger partial charge < -0.3 is 9.47 Å². The van der Waals surface area contributed by atoms with E-state index in [1.165, 1.54) is 33.0 Å². The lowest BCUT2D eigenvalue weighted by Gasteiger charge is -2.24. The Hall–Kier alpha value is -6.12. The van der Waals surface area contributed by atoms with Crippen LogP contribution >= 0.6 is 0 Å². The van der Waals surface area contributed by atoms with Gasteiger partial charge in [0.15, 0.2) is 0 Å². The average Bonchev–Trinajstić information content (AvgIpc) is 3.12. The molecule has 0 bridgehead atoms. The van der Waals surface area contributed by atoms with Crippen LogP contribution in [0.3, 0.4) is 0 Å². The molecule has 2 aliphatic rings. The van der Waals surface area contributed by atoms with E-state index in [-0.39, 0.29) is 0 Å². The SMILES string of the molecule is c1ccc(-c2cc3c4c(cccc4c2)-c2ccc(-c4ccc5c(c4)Oc4cc(-c6ccccc6)cc6cccc-5c46)cc2O3)cc1. The third kappa shape index (κ3) is 3.84.